The van der Waals surface area contributed by atoms with Gasteiger partial charge in [-0.2, -0.15) is 0 Å². The van der Waals surface area contributed by atoms with Gasteiger partial charge in [-0.1, -0.05) is 12.1 Å². The molecule has 0 aliphatic carbocycles. The van der Waals surface area contributed by atoms with Crippen molar-refractivity contribution in [3.05, 3.63) is 29.8 Å². The molecule has 0 aliphatic heterocycles. The van der Waals surface area contributed by atoms with Gasteiger partial charge in [0.15, 0.2) is 5.75 Å². The normalized spacial score (nSPS) is 9.60. The maximum absolute atomic E-state index is 10.2. The molecule has 0 amide bonds. The second-order valence-electron chi connectivity index (χ2n) is 2.50. The summed E-state index contributed by atoms with van der Waals surface area (Å²) in [5, 5.41) is 0. The van der Waals surface area contributed by atoms with E-state index < -0.39 is 8.25 Å². The Bertz CT molecular complexity index is 294. The first-order valence-corrected chi connectivity index (χ1v) is 4.93. The third-order valence-electron chi connectivity index (χ3n) is 1.54. The molecule has 2 N–H and O–H groups in total. The molecular formula is C8H10NNa2O3P. The largest absolute Gasteiger partial charge is 0.558 e. The molecule has 0 saturated heterocycles. The first-order chi connectivity index (χ1) is 6.22. The molecule has 0 aromatic heterocycles. The van der Waals surface area contributed by atoms with Gasteiger partial charge in [-0.3, -0.25) is 4.52 Å². The topological polar surface area (TPSA) is 75.4 Å². The fourth-order valence-electron chi connectivity index (χ4n) is 0.970. The van der Waals surface area contributed by atoms with Crippen LogP contribution in [0.5, 0.6) is 5.75 Å². The van der Waals surface area contributed by atoms with Crippen LogP contribution in [0.25, 0.3) is 0 Å². The Morgan fingerprint density at radius 2 is 1.80 bits per heavy atom. The summed E-state index contributed by atoms with van der Waals surface area (Å²) in [6, 6.07) is 6.80. The first-order valence-electron chi connectivity index (χ1n) is 3.84. The summed E-state index contributed by atoms with van der Waals surface area (Å²) < 4.78 is 14.6. The molecule has 1 rings (SSSR count). The van der Waals surface area contributed by atoms with Crippen LogP contribution >= 0.6 is 8.25 Å². The van der Waals surface area contributed by atoms with Crippen LogP contribution in [0.3, 0.4) is 0 Å². The molecule has 72 valence electrons. The summed E-state index contributed by atoms with van der Waals surface area (Å²) >= 11 is 0. The predicted octanol–water partition coefficient (Wildman–Crippen LogP) is -0.177. The van der Waals surface area contributed by atoms with E-state index in [1.54, 1.807) is 24.3 Å². The van der Waals surface area contributed by atoms with Crippen LogP contribution in [0.15, 0.2) is 24.3 Å². The molecule has 0 bridgehead atoms. The average molecular weight is 245 g/mol. The van der Waals surface area contributed by atoms with Crippen LogP contribution < -0.4 is 15.2 Å². The number of benzene rings is 1. The zero-order chi connectivity index (χ0) is 9.68. The van der Waals surface area contributed by atoms with Crippen LogP contribution in [0, 0.1) is 0 Å². The Labute approximate surface area is 134 Å². The van der Waals surface area contributed by atoms with Gasteiger partial charge in [0.2, 0.25) is 0 Å². The van der Waals surface area contributed by atoms with Gasteiger partial charge in [0.1, 0.15) is 0 Å². The Morgan fingerprint density at radius 3 is 2.20 bits per heavy atom. The van der Waals surface area contributed by atoms with Crippen LogP contribution in [0.1, 0.15) is 5.56 Å². The van der Waals surface area contributed by atoms with Crippen LogP contribution in [0.2, 0.25) is 0 Å². The smallest absolute Gasteiger partial charge is 0.539 e. The van der Waals surface area contributed by atoms with Crippen molar-refractivity contribution in [1.82, 2.24) is 0 Å². The summed E-state index contributed by atoms with van der Waals surface area (Å²) in [6.07, 6.45) is 0.782. The summed E-state index contributed by atoms with van der Waals surface area (Å²) in [7, 11) is -2.82. The van der Waals surface area contributed by atoms with Crippen LogP contribution in [-0.2, 0) is 11.0 Å². The van der Waals surface area contributed by atoms with Crippen molar-refractivity contribution >= 4 is 67.4 Å². The summed E-state index contributed by atoms with van der Waals surface area (Å²) in [5.74, 6) is 0.330. The van der Waals surface area contributed by atoms with Crippen molar-refractivity contribution in [2.45, 2.75) is 6.42 Å². The SMILES string of the molecule is NCCc1ccc(O[P+](=O)[O-])cc1.[Na].[Na]. The van der Waals surface area contributed by atoms with E-state index in [4.69, 9.17) is 5.73 Å². The Kier molecular flexibility index (Phi) is 12.5. The van der Waals surface area contributed by atoms with Gasteiger partial charge in [0.05, 0.1) is 0 Å². The van der Waals surface area contributed by atoms with Crippen molar-refractivity contribution in [3.63, 3.8) is 0 Å². The van der Waals surface area contributed by atoms with Crippen LogP contribution in [-0.4, -0.2) is 65.7 Å². The number of hydrogen-bond donors (Lipinski definition) is 1. The monoisotopic (exact) mass is 245 g/mol. The van der Waals surface area contributed by atoms with E-state index in [2.05, 4.69) is 4.52 Å². The van der Waals surface area contributed by atoms with E-state index in [0.29, 0.717) is 12.3 Å². The quantitative estimate of drug-likeness (QED) is 0.590. The van der Waals surface area contributed by atoms with Gasteiger partial charge < -0.3 is 10.6 Å². The molecule has 2 radical (unpaired) electrons. The molecule has 1 aromatic rings. The minimum Gasteiger partial charge on any atom is -0.558 e. The van der Waals surface area contributed by atoms with E-state index in [9.17, 15) is 9.46 Å². The summed E-state index contributed by atoms with van der Waals surface area (Å²) in [4.78, 5) is 10.2. The molecule has 0 saturated carbocycles. The molecule has 0 spiro atoms. The molecule has 15 heavy (non-hydrogen) atoms. The maximum atomic E-state index is 10.2. The van der Waals surface area contributed by atoms with E-state index in [1.165, 1.54) is 0 Å². The van der Waals surface area contributed by atoms with Crippen molar-refractivity contribution in [2.75, 3.05) is 6.54 Å². The van der Waals surface area contributed by atoms with Gasteiger partial charge in [-0.15, -0.1) is 0 Å². The molecule has 7 heteroatoms. The predicted molar refractivity (Wildman–Crippen MR) is 58.9 cm³/mol. The summed E-state index contributed by atoms with van der Waals surface area (Å²) in [6.45, 7) is 0.579. The second kappa shape index (κ2) is 10.2. The molecule has 1 atom stereocenters. The first kappa shape index (κ1) is 18.4. The maximum Gasteiger partial charge on any atom is 0.539 e. The molecule has 0 aliphatic rings. The Morgan fingerprint density at radius 1 is 1.27 bits per heavy atom. The van der Waals surface area contributed by atoms with Gasteiger partial charge in [-0.05, 0) is 35.2 Å². The molecule has 4 nitrogen and oxygen atoms in total. The Balaban J connectivity index is 0. The van der Waals surface area contributed by atoms with Gasteiger partial charge in [0.25, 0.3) is 0 Å². The molecule has 0 fully saturated rings. The van der Waals surface area contributed by atoms with Gasteiger partial charge in [0, 0.05) is 59.1 Å². The Hall–Kier alpha value is 1.04. The minimum absolute atomic E-state index is 0. The van der Waals surface area contributed by atoms with Gasteiger partial charge >= 0.3 is 8.25 Å². The minimum atomic E-state index is -2.82. The van der Waals surface area contributed by atoms with E-state index in [0.717, 1.165) is 12.0 Å². The molecule has 0 heterocycles. The van der Waals surface area contributed by atoms with Crippen LogP contribution in [0.4, 0.5) is 0 Å². The van der Waals surface area contributed by atoms with Crippen molar-refractivity contribution < 1.29 is 14.0 Å². The zero-order valence-electron chi connectivity index (χ0n) is 8.97. The van der Waals surface area contributed by atoms with Crippen molar-refractivity contribution in [3.8, 4) is 5.75 Å². The standard InChI is InChI=1S/C8H10NO3P.2Na/c9-6-5-7-1-3-8(4-2-7)12-13(10)11;;/h1-4H,5-6,9H2;;. The third kappa shape index (κ3) is 7.86. The van der Waals surface area contributed by atoms with E-state index in [-0.39, 0.29) is 59.1 Å². The second-order valence-corrected chi connectivity index (χ2v) is 3.13. The van der Waals surface area contributed by atoms with Crippen molar-refractivity contribution in [1.29, 1.82) is 0 Å². The molecular weight excluding hydrogens is 235 g/mol. The van der Waals surface area contributed by atoms with E-state index in [1.807, 2.05) is 0 Å². The fourth-order valence-corrected chi connectivity index (χ4v) is 1.26. The molecule has 1 aromatic carbocycles. The molecule has 1 unspecified atom stereocenters. The number of hydrogen-bond acceptors (Lipinski definition) is 4. The summed E-state index contributed by atoms with van der Waals surface area (Å²) in [5.41, 5.74) is 6.42. The number of nitrogens with two attached hydrogens (primary N) is 1. The number of rotatable bonds is 4. The van der Waals surface area contributed by atoms with Gasteiger partial charge in [-0.25, -0.2) is 0 Å². The zero-order valence-corrected chi connectivity index (χ0v) is 13.9. The fraction of sp³-hybridized carbons (Fsp3) is 0.250. The van der Waals surface area contributed by atoms with Crippen molar-refractivity contribution in [2.24, 2.45) is 5.73 Å². The average Bonchev–Trinajstić information content (AvgIpc) is 2.08. The van der Waals surface area contributed by atoms with E-state index >= 15 is 0 Å². The third-order valence-corrected chi connectivity index (χ3v) is 1.90.